The van der Waals surface area contributed by atoms with Gasteiger partial charge in [0.2, 0.25) is 0 Å². The quantitative estimate of drug-likeness (QED) is 0.479. The van der Waals surface area contributed by atoms with E-state index in [1.165, 1.54) is 42.5 Å². The van der Waals surface area contributed by atoms with Gasteiger partial charge in [-0.25, -0.2) is 0 Å². The van der Waals surface area contributed by atoms with Crippen molar-refractivity contribution >= 4 is 5.97 Å². The highest BCUT2D eigenvalue weighted by atomic mass is 16.5. The van der Waals surface area contributed by atoms with Crippen LogP contribution in [0, 0.1) is 6.92 Å². The molecule has 2 atom stereocenters. The Morgan fingerprint density at radius 3 is 2.90 bits per heavy atom. The average molecular weight is 413 g/mol. The predicted molar refractivity (Wildman–Crippen MR) is 120 cm³/mol. The standard InChI is InChI=1S/C24H36N4O2/c1-18-9-7-14-26-23(18)20-11-6-12-21(24-19(2)10-8-15-27-24)28(20)16-5-4-13-25-17-22(29)30-3/h7-10,14,20-21,25,27H,4-6,11-13,15-17H2,1-3H3/t20-,21+/m0/s1. The van der Waals surface area contributed by atoms with Gasteiger partial charge in [-0.15, -0.1) is 0 Å². The number of hydrogen-bond donors (Lipinski definition) is 2. The van der Waals surface area contributed by atoms with Gasteiger partial charge in [0.15, 0.2) is 0 Å². The topological polar surface area (TPSA) is 66.5 Å². The van der Waals surface area contributed by atoms with Gasteiger partial charge in [0.05, 0.1) is 31.4 Å². The second kappa shape index (κ2) is 11.3. The maximum Gasteiger partial charge on any atom is 0.319 e. The first-order chi connectivity index (χ1) is 14.6. The lowest BCUT2D eigenvalue weighted by molar-refractivity contribution is -0.139. The summed E-state index contributed by atoms with van der Waals surface area (Å²) >= 11 is 0. The molecule has 1 aromatic rings. The van der Waals surface area contributed by atoms with Crippen LogP contribution < -0.4 is 10.6 Å². The van der Waals surface area contributed by atoms with E-state index in [-0.39, 0.29) is 12.5 Å². The molecule has 6 nitrogen and oxygen atoms in total. The van der Waals surface area contributed by atoms with E-state index in [1.54, 1.807) is 0 Å². The third kappa shape index (κ3) is 5.70. The van der Waals surface area contributed by atoms with Crippen molar-refractivity contribution in [1.29, 1.82) is 0 Å². The number of hydrogen-bond acceptors (Lipinski definition) is 6. The van der Waals surface area contributed by atoms with Gasteiger partial charge >= 0.3 is 5.97 Å². The zero-order valence-electron chi connectivity index (χ0n) is 18.6. The van der Waals surface area contributed by atoms with Crippen LogP contribution in [-0.2, 0) is 9.53 Å². The second-order valence-electron chi connectivity index (χ2n) is 8.25. The number of ether oxygens (including phenoxy) is 1. The fraction of sp³-hybridized carbons (Fsp3) is 0.583. The Bertz CT molecular complexity index is 774. The number of likely N-dealkylation sites (tertiary alicyclic amines) is 1. The summed E-state index contributed by atoms with van der Waals surface area (Å²) in [6, 6.07) is 4.95. The summed E-state index contributed by atoms with van der Waals surface area (Å²) in [5, 5.41) is 6.82. The molecule has 3 heterocycles. The number of piperidine rings is 1. The number of allylic oxidation sites excluding steroid dienone is 2. The Balaban J connectivity index is 1.71. The van der Waals surface area contributed by atoms with Gasteiger partial charge in [0.1, 0.15) is 0 Å². The summed E-state index contributed by atoms with van der Waals surface area (Å²) in [5.74, 6) is -0.212. The molecule has 6 heteroatoms. The van der Waals surface area contributed by atoms with E-state index in [1.807, 2.05) is 12.3 Å². The molecule has 0 aliphatic carbocycles. The summed E-state index contributed by atoms with van der Waals surface area (Å²) in [5.41, 5.74) is 5.21. The third-order valence-electron chi connectivity index (χ3n) is 6.17. The molecule has 2 N–H and O–H groups in total. The van der Waals surface area contributed by atoms with Gasteiger partial charge < -0.3 is 15.4 Å². The Labute approximate surface area is 180 Å². The van der Waals surface area contributed by atoms with Gasteiger partial charge in [-0.05, 0) is 76.2 Å². The molecule has 30 heavy (non-hydrogen) atoms. The first-order valence-electron chi connectivity index (χ1n) is 11.2. The van der Waals surface area contributed by atoms with Crippen LogP contribution in [-0.4, -0.2) is 55.2 Å². The Kier molecular flexibility index (Phi) is 8.46. The molecular formula is C24H36N4O2. The Hall–Kier alpha value is -2.18. The monoisotopic (exact) mass is 412 g/mol. The van der Waals surface area contributed by atoms with E-state index in [4.69, 9.17) is 4.98 Å². The van der Waals surface area contributed by atoms with E-state index < -0.39 is 0 Å². The highest BCUT2D eigenvalue weighted by molar-refractivity contribution is 5.71. The summed E-state index contributed by atoms with van der Waals surface area (Å²) in [6.45, 7) is 7.41. The molecule has 0 saturated carbocycles. The number of aromatic nitrogens is 1. The van der Waals surface area contributed by atoms with Gasteiger partial charge in [-0.2, -0.15) is 0 Å². The number of nitrogens with one attached hydrogen (secondary N) is 2. The van der Waals surface area contributed by atoms with Crippen molar-refractivity contribution < 1.29 is 9.53 Å². The maximum atomic E-state index is 11.3. The van der Waals surface area contributed by atoms with Crippen molar-refractivity contribution in [1.82, 2.24) is 20.5 Å². The zero-order chi connectivity index (χ0) is 21.3. The number of nitrogens with zero attached hydrogens (tertiary/aromatic N) is 2. The van der Waals surface area contributed by atoms with Crippen LogP contribution in [0.1, 0.15) is 56.3 Å². The predicted octanol–water partition coefficient (Wildman–Crippen LogP) is 3.26. The molecule has 3 rings (SSSR count). The van der Waals surface area contributed by atoms with Crippen LogP contribution in [0.3, 0.4) is 0 Å². The van der Waals surface area contributed by atoms with Crippen LogP contribution in [0.5, 0.6) is 0 Å². The average Bonchev–Trinajstić information content (AvgIpc) is 2.76. The number of esters is 1. The molecule has 0 unspecified atom stereocenters. The molecule has 1 saturated heterocycles. The van der Waals surface area contributed by atoms with Crippen LogP contribution in [0.25, 0.3) is 0 Å². The van der Waals surface area contributed by atoms with Crippen molar-refractivity contribution in [2.75, 3.05) is 33.3 Å². The minimum Gasteiger partial charge on any atom is -0.468 e. The minimum absolute atomic E-state index is 0.212. The molecule has 2 aliphatic heterocycles. The number of carbonyl (C=O) groups excluding carboxylic acids is 1. The molecule has 0 aromatic carbocycles. The van der Waals surface area contributed by atoms with E-state index in [0.717, 1.165) is 38.9 Å². The third-order valence-corrected chi connectivity index (χ3v) is 6.17. The number of carbonyl (C=O) groups is 1. The van der Waals surface area contributed by atoms with Crippen molar-refractivity contribution in [3.05, 3.63) is 53.0 Å². The maximum absolute atomic E-state index is 11.3. The number of aryl methyl sites for hydroxylation is 1. The summed E-state index contributed by atoms with van der Waals surface area (Å²) < 4.78 is 4.68. The normalized spacial score (nSPS) is 22.1. The fourth-order valence-electron chi connectivity index (χ4n) is 4.64. The highest BCUT2D eigenvalue weighted by Crippen LogP contribution is 2.38. The van der Waals surface area contributed by atoms with Gasteiger partial charge in [0, 0.05) is 18.4 Å². The van der Waals surface area contributed by atoms with Crippen LogP contribution in [0.4, 0.5) is 0 Å². The molecule has 1 aromatic heterocycles. The fourth-order valence-corrected chi connectivity index (χ4v) is 4.64. The smallest absolute Gasteiger partial charge is 0.319 e. The number of rotatable bonds is 9. The van der Waals surface area contributed by atoms with Crippen LogP contribution in [0.2, 0.25) is 0 Å². The van der Waals surface area contributed by atoms with Crippen molar-refractivity contribution in [3.63, 3.8) is 0 Å². The van der Waals surface area contributed by atoms with E-state index in [0.29, 0.717) is 12.1 Å². The molecule has 1 fully saturated rings. The van der Waals surface area contributed by atoms with Crippen molar-refractivity contribution in [3.8, 4) is 0 Å². The molecular weight excluding hydrogens is 376 g/mol. The zero-order valence-corrected chi connectivity index (χ0v) is 18.6. The van der Waals surface area contributed by atoms with E-state index in [9.17, 15) is 4.79 Å². The van der Waals surface area contributed by atoms with Crippen LogP contribution in [0.15, 0.2) is 41.8 Å². The largest absolute Gasteiger partial charge is 0.468 e. The molecule has 2 aliphatic rings. The van der Waals surface area contributed by atoms with Crippen molar-refractivity contribution in [2.45, 2.75) is 58.0 Å². The molecule has 0 bridgehead atoms. The number of dihydropyridines is 1. The lowest BCUT2D eigenvalue weighted by Gasteiger charge is -2.44. The van der Waals surface area contributed by atoms with Gasteiger partial charge in [-0.3, -0.25) is 14.7 Å². The highest BCUT2D eigenvalue weighted by Gasteiger charge is 2.35. The molecule has 0 spiro atoms. The van der Waals surface area contributed by atoms with Gasteiger partial charge in [-0.1, -0.05) is 18.2 Å². The number of unbranched alkanes of at least 4 members (excludes halogenated alkanes) is 1. The minimum atomic E-state index is -0.212. The molecule has 0 amide bonds. The summed E-state index contributed by atoms with van der Waals surface area (Å²) in [4.78, 5) is 18.7. The first kappa shape index (κ1) is 22.5. The summed E-state index contributed by atoms with van der Waals surface area (Å²) in [6.07, 6.45) is 12.0. The SMILES string of the molecule is COC(=O)CNCCCCN1[C@@H](C2=C(C)C=CCN2)CCC[C@H]1c1ncccc1C. The van der Waals surface area contributed by atoms with Crippen molar-refractivity contribution in [2.24, 2.45) is 0 Å². The summed E-state index contributed by atoms with van der Waals surface area (Å²) in [7, 11) is 1.42. The molecule has 164 valence electrons. The first-order valence-corrected chi connectivity index (χ1v) is 11.2. The Morgan fingerprint density at radius 2 is 2.13 bits per heavy atom. The van der Waals surface area contributed by atoms with E-state index >= 15 is 0 Å². The van der Waals surface area contributed by atoms with Gasteiger partial charge in [0.25, 0.3) is 0 Å². The molecule has 0 radical (unpaired) electrons. The second-order valence-corrected chi connectivity index (χ2v) is 8.25. The lowest BCUT2D eigenvalue weighted by atomic mass is 9.88. The lowest BCUT2D eigenvalue weighted by Crippen LogP contribution is -2.47. The van der Waals surface area contributed by atoms with Crippen LogP contribution >= 0.6 is 0 Å². The van der Waals surface area contributed by atoms with E-state index in [2.05, 4.69) is 52.3 Å². The number of pyridine rings is 1. The Morgan fingerprint density at radius 1 is 1.30 bits per heavy atom. The number of methoxy groups -OCH3 is 1.